The van der Waals surface area contributed by atoms with Crippen LogP contribution in [0, 0.1) is 0 Å². The van der Waals surface area contributed by atoms with E-state index in [9.17, 15) is 13.2 Å². The maximum absolute atomic E-state index is 11.6. The molecule has 0 saturated heterocycles. The second kappa shape index (κ2) is 7.12. The van der Waals surface area contributed by atoms with Crippen LogP contribution in [0.2, 0.25) is 0 Å². The van der Waals surface area contributed by atoms with Gasteiger partial charge in [0.2, 0.25) is 5.09 Å². The van der Waals surface area contributed by atoms with E-state index in [0.717, 1.165) is 0 Å². The highest BCUT2D eigenvalue weighted by Gasteiger charge is 2.17. The molecule has 0 aliphatic carbocycles. The van der Waals surface area contributed by atoms with Crippen LogP contribution in [0.25, 0.3) is 0 Å². The Balaban J connectivity index is 2.35. The first-order valence-electron chi connectivity index (χ1n) is 6.79. The molecule has 1 unspecified atom stereocenters. The van der Waals surface area contributed by atoms with Crippen molar-refractivity contribution in [1.82, 2.24) is 10.6 Å². The van der Waals surface area contributed by atoms with Crippen LogP contribution in [0.15, 0.2) is 21.6 Å². The molecule has 4 N–H and O–H groups in total. The SMILES string of the molecule is CC(CNCc1ccc(S(N)(=O)=O)o1)NC(=O)OC(C)(C)C. The van der Waals surface area contributed by atoms with Gasteiger partial charge in [0.1, 0.15) is 11.4 Å². The number of sulfonamides is 1. The Hall–Kier alpha value is -1.58. The summed E-state index contributed by atoms with van der Waals surface area (Å²) in [5.41, 5.74) is -0.546. The maximum atomic E-state index is 11.6. The number of alkyl carbamates (subject to hydrolysis) is 1. The van der Waals surface area contributed by atoms with Crippen LogP contribution in [0.1, 0.15) is 33.5 Å². The fourth-order valence-electron chi connectivity index (χ4n) is 1.58. The molecular weight excluding hydrogens is 310 g/mol. The summed E-state index contributed by atoms with van der Waals surface area (Å²) < 4.78 is 32.4. The van der Waals surface area contributed by atoms with Crippen molar-refractivity contribution in [3.05, 3.63) is 17.9 Å². The van der Waals surface area contributed by atoms with Gasteiger partial charge in [-0.15, -0.1) is 0 Å². The molecule has 0 radical (unpaired) electrons. The molecular formula is C13H23N3O5S. The summed E-state index contributed by atoms with van der Waals surface area (Å²) in [4.78, 5) is 11.6. The van der Waals surface area contributed by atoms with Gasteiger partial charge in [-0.05, 0) is 39.8 Å². The van der Waals surface area contributed by atoms with Gasteiger partial charge in [-0.2, -0.15) is 0 Å². The first-order valence-corrected chi connectivity index (χ1v) is 8.34. The van der Waals surface area contributed by atoms with Crippen LogP contribution >= 0.6 is 0 Å². The molecule has 1 amide bonds. The van der Waals surface area contributed by atoms with E-state index in [1.165, 1.54) is 12.1 Å². The molecule has 0 saturated carbocycles. The third-order valence-corrected chi connectivity index (χ3v) is 3.21. The third-order valence-electron chi connectivity index (χ3n) is 2.43. The Bertz CT molecular complexity index is 603. The van der Waals surface area contributed by atoms with Crippen LogP contribution in [-0.2, 0) is 21.3 Å². The van der Waals surface area contributed by atoms with Gasteiger partial charge in [-0.25, -0.2) is 18.4 Å². The number of carbonyl (C=O) groups is 1. The summed E-state index contributed by atoms with van der Waals surface area (Å²) in [7, 11) is -3.82. The number of amides is 1. The number of nitrogens with two attached hydrogens (primary N) is 1. The zero-order chi connectivity index (χ0) is 17.0. The molecule has 22 heavy (non-hydrogen) atoms. The number of primary sulfonamides is 1. The summed E-state index contributed by atoms with van der Waals surface area (Å²) in [6, 6.07) is 2.66. The van der Waals surface area contributed by atoms with E-state index in [4.69, 9.17) is 14.3 Å². The smallest absolute Gasteiger partial charge is 0.407 e. The molecule has 0 bridgehead atoms. The predicted molar refractivity (Wildman–Crippen MR) is 80.6 cm³/mol. The monoisotopic (exact) mass is 333 g/mol. The van der Waals surface area contributed by atoms with Gasteiger partial charge < -0.3 is 19.8 Å². The Morgan fingerprint density at radius 3 is 2.55 bits per heavy atom. The van der Waals surface area contributed by atoms with Gasteiger partial charge in [0.05, 0.1) is 6.54 Å². The fraction of sp³-hybridized carbons (Fsp3) is 0.615. The van der Waals surface area contributed by atoms with Crippen molar-refractivity contribution < 1.29 is 22.4 Å². The number of hydrogen-bond acceptors (Lipinski definition) is 6. The standard InChI is InChI=1S/C13H23N3O5S/c1-9(16-12(17)21-13(2,3)4)7-15-8-10-5-6-11(20-10)22(14,18)19/h5-6,9,15H,7-8H2,1-4H3,(H,16,17)(H2,14,18,19). The highest BCUT2D eigenvalue weighted by atomic mass is 32.2. The molecule has 8 nitrogen and oxygen atoms in total. The Morgan fingerprint density at radius 2 is 2.05 bits per heavy atom. The lowest BCUT2D eigenvalue weighted by Gasteiger charge is -2.22. The van der Waals surface area contributed by atoms with E-state index in [0.29, 0.717) is 18.8 Å². The minimum atomic E-state index is -3.82. The van der Waals surface area contributed by atoms with Gasteiger partial charge in [0.15, 0.2) is 0 Å². The van der Waals surface area contributed by atoms with Gasteiger partial charge in [-0.1, -0.05) is 0 Å². The highest BCUT2D eigenvalue weighted by Crippen LogP contribution is 2.11. The van der Waals surface area contributed by atoms with E-state index < -0.39 is 21.7 Å². The van der Waals surface area contributed by atoms with Crippen molar-refractivity contribution >= 4 is 16.1 Å². The van der Waals surface area contributed by atoms with Crippen molar-refractivity contribution in [3.63, 3.8) is 0 Å². The van der Waals surface area contributed by atoms with Crippen molar-refractivity contribution in [2.75, 3.05) is 6.54 Å². The molecule has 1 atom stereocenters. The van der Waals surface area contributed by atoms with Crippen LogP contribution < -0.4 is 15.8 Å². The molecule has 0 fully saturated rings. The lowest BCUT2D eigenvalue weighted by Crippen LogP contribution is -2.42. The quantitative estimate of drug-likeness (QED) is 0.711. The van der Waals surface area contributed by atoms with Gasteiger partial charge in [0.25, 0.3) is 10.0 Å². The number of carbonyl (C=O) groups excluding carboxylic acids is 1. The van der Waals surface area contributed by atoms with E-state index in [-0.39, 0.29) is 11.1 Å². The van der Waals surface area contributed by atoms with Crippen molar-refractivity contribution in [3.8, 4) is 0 Å². The largest absolute Gasteiger partial charge is 0.447 e. The van der Waals surface area contributed by atoms with Crippen molar-refractivity contribution in [2.45, 2.75) is 51.0 Å². The topological polar surface area (TPSA) is 124 Å². The normalized spacial score (nSPS) is 13.7. The Kier molecular flexibility index (Phi) is 5.98. The third kappa shape index (κ3) is 6.92. The van der Waals surface area contributed by atoms with Gasteiger partial charge in [0, 0.05) is 12.6 Å². The molecule has 1 heterocycles. The number of rotatable bonds is 6. The second-order valence-corrected chi connectivity index (χ2v) is 7.44. The summed E-state index contributed by atoms with van der Waals surface area (Å²) in [5, 5.41) is 10.4. The van der Waals surface area contributed by atoms with E-state index in [1.807, 2.05) is 6.92 Å². The number of hydrogen-bond donors (Lipinski definition) is 3. The van der Waals surface area contributed by atoms with Crippen LogP contribution in [0.4, 0.5) is 4.79 Å². The summed E-state index contributed by atoms with van der Waals surface area (Å²) in [6.07, 6.45) is -0.490. The molecule has 9 heteroatoms. The number of ether oxygens (including phenoxy) is 1. The first kappa shape index (κ1) is 18.5. The Morgan fingerprint density at radius 1 is 1.41 bits per heavy atom. The molecule has 0 aromatic carbocycles. The zero-order valence-electron chi connectivity index (χ0n) is 13.2. The molecule has 0 spiro atoms. The molecule has 1 aromatic rings. The summed E-state index contributed by atoms with van der Waals surface area (Å²) >= 11 is 0. The average molecular weight is 333 g/mol. The maximum Gasteiger partial charge on any atom is 0.407 e. The minimum Gasteiger partial charge on any atom is -0.447 e. The van der Waals surface area contributed by atoms with Crippen LogP contribution in [0.5, 0.6) is 0 Å². The summed E-state index contributed by atoms with van der Waals surface area (Å²) in [5.74, 6) is 0.438. The molecule has 126 valence electrons. The molecule has 0 aliphatic rings. The second-order valence-electron chi connectivity index (χ2n) is 5.94. The van der Waals surface area contributed by atoms with E-state index >= 15 is 0 Å². The average Bonchev–Trinajstić information content (AvgIpc) is 2.74. The predicted octanol–water partition coefficient (Wildman–Crippen LogP) is 0.930. The minimum absolute atomic E-state index is 0.164. The van der Waals surface area contributed by atoms with E-state index in [2.05, 4.69) is 10.6 Å². The zero-order valence-corrected chi connectivity index (χ0v) is 14.0. The lowest BCUT2D eigenvalue weighted by atomic mass is 10.2. The van der Waals surface area contributed by atoms with Gasteiger partial charge in [-0.3, -0.25) is 0 Å². The van der Waals surface area contributed by atoms with Gasteiger partial charge >= 0.3 is 6.09 Å². The fourth-order valence-corrected chi connectivity index (χ4v) is 2.06. The molecule has 0 aliphatic heterocycles. The number of nitrogens with one attached hydrogen (secondary N) is 2. The number of furan rings is 1. The Labute approximate surface area is 130 Å². The molecule has 1 aromatic heterocycles. The lowest BCUT2D eigenvalue weighted by molar-refractivity contribution is 0.0508. The van der Waals surface area contributed by atoms with Crippen LogP contribution in [-0.4, -0.2) is 32.7 Å². The highest BCUT2D eigenvalue weighted by molar-refractivity contribution is 7.89. The van der Waals surface area contributed by atoms with Crippen molar-refractivity contribution in [2.24, 2.45) is 5.14 Å². The molecule has 1 rings (SSSR count). The van der Waals surface area contributed by atoms with Crippen LogP contribution in [0.3, 0.4) is 0 Å². The first-order chi connectivity index (χ1) is 9.97. The summed E-state index contributed by atoms with van der Waals surface area (Å²) in [6.45, 7) is 7.95. The van der Waals surface area contributed by atoms with E-state index in [1.54, 1.807) is 20.8 Å². The van der Waals surface area contributed by atoms with Crippen molar-refractivity contribution in [1.29, 1.82) is 0 Å².